The molecule has 2 rings (SSSR count). The highest BCUT2D eigenvalue weighted by molar-refractivity contribution is 9.10. The van der Waals surface area contributed by atoms with E-state index in [4.69, 9.17) is 0 Å². The zero-order valence-corrected chi connectivity index (χ0v) is 11.8. The van der Waals surface area contributed by atoms with Crippen molar-refractivity contribution in [2.75, 3.05) is 11.4 Å². The van der Waals surface area contributed by atoms with Crippen molar-refractivity contribution in [3.05, 3.63) is 27.7 Å². The maximum absolute atomic E-state index is 11.9. The van der Waals surface area contributed by atoms with Gasteiger partial charge in [0.1, 0.15) is 0 Å². The summed E-state index contributed by atoms with van der Waals surface area (Å²) in [5.41, 5.74) is 2.00. The molecule has 1 atom stereocenters. The lowest BCUT2D eigenvalue weighted by Gasteiger charge is -2.19. The van der Waals surface area contributed by atoms with Gasteiger partial charge in [-0.15, -0.1) is 0 Å². The van der Waals surface area contributed by atoms with Gasteiger partial charge in [-0.2, -0.15) is 0 Å². The van der Waals surface area contributed by atoms with E-state index in [0.717, 1.165) is 10.0 Å². The molecule has 0 saturated carbocycles. The zero-order valence-electron chi connectivity index (χ0n) is 10.2. The summed E-state index contributed by atoms with van der Waals surface area (Å²) in [7, 11) is 0. The predicted octanol–water partition coefficient (Wildman–Crippen LogP) is 2.06. The molecule has 0 fully saturated rings. The SMILES string of the molecule is Cc1cc(Br)cc2c1N(CCC(C)O)C(=O)C2=O. The Hall–Kier alpha value is -1.20. The Morgan fingerprint density at radius 2 is 2.06 bits per heavy atom. The molecule has 1 unspecified atom stereocenters. The molecule has 1 aliphatic rings. The standard InChI is InChI=1S/C13H14BrNO3/c1-7-5-9(14)6-10-11(7)15(4-3-8(2)16)13(18)12(10)17/h5-6,8,16H,3-4H2,1-2H3. The van der Waals surface area contributed by atoms with E-state index >= 15 is 0 Å². The quantitative estimate of drug-likeness (QED) is 0.869. The summed E-state index contributed by atoms with van der Waals surface area (Å²) in [6.45, 7) is 3.89. The number of amides is 1. The first-order valence-electron chi connectivity index (χ1n) is 5.76. The highest BCUT2D eigenvalue weighted by Gasteiger charge is 2.36. The molecule has 5 heteroatoms. The first-order valence-corrected chi connectivity index (χ1v) is 6.55. The number of aliphatic hydroxyl groups is 1. The second-order valence-electron chi connectivity index (χ2n) is 4.54. The van der Waals surface area contributed by atoms with Crippen molar-refractivity contribution in [1.82, 2.24) is 0 Å². The monoisotopic (exact) mass is 311 g/mol. The van der Waals surface area contributed by atoms with Gasteiger partial charge in [0, 0.05) is 11.0 Å². The molecule has 96 valence electrons. The van der Waals surface area contributed by atoms with E-state index in [9.17, 15) is 14.7 Å². The Labute approximate surface area is 114 Å². The molecule has 4 nitrogen and oxygen atoms in total. The van der Waals surface area contributed by atoms with E-state index in [-0.39, 0.29) is 0 Å². The van der Waals surface area contributed by atoms with Crippen molar-refractivity contribution < 1.29 is 14.7 Å². The smallest absolute Gasteiger partial charge is 0.299 e. The summed E-state index contributed by atoms with van der Waals surface area (Å²) in [4.78, 5) is 25.3. The number of carbonyl (C=O) groups is 2. The van der Waals surface area contributed by atoms with Crippen LogP contribution in [0.2, 0.25) is 0 Å². The second kappa shape index (κ2) is 4.82. The van der Waals surface area contributed by atoms with Gasteiger partial charge in [-0.25, -0.2) is 0 Å². The maximum atomic E-state index is 11.9. The van der Waals surface area contributed by atoms with Gasteiger partial charge >= 0.3 is 0 Å². The number of aryl methyl sites for hydroxylation is 1. The van der Waals surface area contributed by atoms with E-state index in [0.29, 0.717) is 24.2 Å². The van der Waals surface area contributed by atoms with Gasteiger partial charge in [0.2, 0.25) is 0 Å². The Bertz CT molecular complexity index is 525. The summed E-state index contributed by atoms with van der Waals surface area (Å²) < 4.78 is 0.789. The van der Waals surface area contributed by atoms with E-state index in [2.05, 4.69) is 15.9 Å². The van der Waals surface area contributed by atoms with Crippen molar-refractivity contribution in [3.63, 3.8) is 0 Å². The third-order valence-corrected chi connectivity index (χ3v) is 3.45. The minimum absolute atomic E-state index is 0.359. The first-order chi connectivity index (χ1) is 8.41. The highest BCUT2D eigenvalue weighted by Crippen LogP contribution is 2.35. The first kappa shape index (κ1) is 13.2. The molecule has 0 saturated heterocycles. The van der Waals surface area contributed by atoms with Gasteiger partial charge < -0.3 is 10.0 Å². The van der Waals surface area contributed by atoms with E-state index in [1.807, 2.05) is 13.0 Å². The highest BCUT2D eigenvalue weighted by atomic mass is 79.9. The van der Waals surface area contributed by atoms with Crippen molar-refractivity contribution in [2.45, 2.75) is 26.4 Å². The molecule has 1 aromatic rings. The minimum atomic E-state index is -0.508. The minimum Gasteiger partial charge on any atom is -0.393 e. The maximum Gasteiger partial charge on any atom is 0.299 e. The number of aliphatic hydroxyl groups excluding tert-OH is 1. The van der Waals surface area contributed by atoms with Gasteiger partial charge in [-0.1, -0.05) is 15.9 Å². The molecule has 1 aromatic carbocycles. The Kier molecular flexibility index (Phi) is 3.54. The van der Waals surface area contributed by atoms with Crippen LogP contribution < -0.4 is 4.90 Å². The lowest BCUT2D eigenvalue weighted by molar-refractivity contribution is -0.114. The molecule has 0 radical (unpaired) electrons. The average molecular weight is 312 g/mol. The average Bonchev–Trinajstić information content (AvgIpc) is 2.51. The zero-order chi connectivity index (χ0) is 13.4. The number of anilines is 1. The number of carbonyl (C=O) groups excluding carboxylic acids is 2. The van der Waals surface area contributed by atoms with Gasteiger partial charge in [-0.3, -0.25) is 9.59 Å². The van der Waals surface area contributed by atoms with Crippen LogP contribution in [0, 0.1) is 6.92 Å². The number of fused-ring (bicyclic) bond motifs is 1. The molecule has 18 heavy (non-hydrogen) atoms. The molecular formula is C13H14BrNO3. The second-order valence-corrected chi connectivity index (χ2v) is 5.46. The molecule has 1 N–H and O–H groups in total. The Morgan fingerprint density at radius 1 is 1.39 bits per heavy atom. The summed E-state index contributed by atoms with van der Waals surface area (Å²) in [5, 5.41) is 9.30. The number of rotatable bonds is 3. The van der Waals surface area contributed by atoms with Gasteiger partial charge in [0.25, 0.3) is 11.7 Å². The lowest BCUT2D eigenvalue weighted by Crippen LogP contribution is -2.32. The largest absolute Gasteiger partial charge is 0.393 e. The number of nitrogens with zero attached hydrogens (tertiary/aromatic N) is 1. The van der Waals surface area contributed by atoms with E-state index < -0.39 is 17.8 Å². The van der Waals surface area contributed by atoms with Crippen molar-refractivity contribution in [1.29, 1.82) is 0 Å². The number of hydrogen-bond donors (Lipinski definition) is 1. The number of ketones is 1. The summed E-state index contributed by atoms with van der Waals surface area (Å²) >= 11 is 3.32. The van der Waals surface area contributed by atoms with Crippen LogP contribution in [0.5, 0.6) is 0 Å². The lowest BCUT2D eigenvalue weighted by atomic mass is 10.1. The molecule has 0 spiro atoms. The van der Waals surface area contributed by atoms with Crippen molar-refractivity contribution in [2.24, 2.45) is 0 Å². The fraction of sp³-hybridized carbons (Fsp3) is 0.385. The van der Waals surface area contributed by atoms with Gasteiger partial charge in [-0.05, 0) is 38.0 Å². The van der Waals surface area contributed by atoms with Crippen LogP contribution in [0.25, 0.3) is 0 Å². The van der Waals surface area contributed by atoms with Crippen LogP contribution in [0.4, 0.5) is 5.69 Å². The van der Waals surface area contributed by atoms with E-state index in [1.165, 1.54) is 4.90 Å². The van der Waals surface area contributed by atoms with Crippen LogP contribution >= 0.6 is 15.9 Å². The van der Waals surface area contributed by atoms with E-state index in [1.54, 1.807) is 13.0 Å². The molecule has 0 aliphatic carbocycles. The summed E-state index contributed by atoms with van der Waals surface area (Å²) in [5.74, 6) is -0.980. The molecule has 0 aromatic heterocycles. The topological polar surface area (TPSA) is 57.6 Å². The Morgan fingerprint density at radius 3 is 2.67 bits per heavy atom. The number of halogens is 1. The number of benzene rings is 1. The molecule has 0 bridgehead atoms. The molecule has 1 aliphatic heterocycles. The molecule has 1 heterocycles. The fourth-order valence-corrected chi connectivity index (χ4v) is 2.71. The molecule has 1 amide bonds. The number of hydrogen-bond acceptors (Lipinski definition) is 3. The predicted molar refractivity (Wildman–Crippen MR) is 71.9 cm³/mol. The fourth-order valence-electron chi connectivity index (χ4n) is 2.14. The van der Waals surface area contributed by atoms with Gasteiger partial charge in [0.15, 0.2) is 0 Å². The van der Waals surface area contributed by atoms with Crippen LogP contribution in [0.3, 0.4) is 0 Å². The number of Topliss-reactive ketones (excluding diaryl/α,β-unsaturated/α-hetero) is 1. The van der Waals surface area contributed by atoms with Crippen molar-refractivity contribution in [3.8, 4) is 0 Å². The Balaban J connectivity index is 2.42. The normalized spacial score (nSPS) is 16.1. The van der Waals surface area contributed by atoms with Crippen LogP contribution in [0.15, 0.2) is 16.6 Å². The van der Waals surface area contributed by atoms with Gasteiger partial charge in [0.05, 0.1) is 17.4 Å². The van der Waals surface area contributed by atoms with Crippen LogP contribution in [-0.4, -0.2) is 29.4 Å². The van der Waals surface area contributed by atoms with Crippen LogP contribution in [-0.2, 0) is 4.79 Å². The van der Waals surface area contributed by atoms with Crippen LogP contribution in [0.1, 0.15) is 29.3 Å². The third-order valence-electron chi connectivity index (χ3n) is 2.99. The summed E-state index contributed by atoms with van der Waals surface area (Å²) in [6.07, 6.45) is -0.0405. The van der Waals surface area contributed by atoms with Crippen molar-refractivity contribution >= 4 is 33.3 Å². The summed E-state index contributed by atoms with van der Waals surface area (Å²) in [6, 6.07) is 3.55. The third kappa shape index (κ3) is 2.20. The molecular weight excluding hydrogens is 298 g/mol.